The van der Waals surface area contributed by atoms with Crippen molar-refractivity contribution in [3.05, 3.63) is 35.6 Å². The minimum Gasteiger partial charge on any atom is -0.354 e. The third kappa shape index (κ3) is 3.37. The molecular formula is C16H23FN2O. The summed E-state index contributed by atoms with van der Waals surface area (Å²) in [5, 5.41) is 2.95. The van der Waals surface area contributed by atoms with Gasteiger partial charge < -0.3 is 11.1 Å². The van der Waals surface area contributed by atoms with E-state index in [1.807, 2.05) is 12.1 Å². The van der Waals surface area contributed by atoms with Crippen LogP contribution in [0.3, 0.4) is 0 Å². The maximum Gasteiger partial charge on any atom is 0.236 e. The molecule has 0 radical (unpaired) electrons. The number of benzene rings is 1. The molecule has 1 aliphatic carbocycles. The molecule has 0 spiro atoms. The Morgan fingerprint density at radius 1 is 1.30 bits per heavy atom. The molecule has 3 N–H and O–H groups in total. The van der Waals surface area contributed by atoms with Gasteiger partial charge in [-0.1, -0.05) is 31.4 Å². The monoisotopic (exact) mass is 278 g/mol. The van der Waals surface area contributed by atoms with E-state index >= 15 is 0 Å². The van der Waals surface area contributed by atoms with Crippen molar-refractivity contribution in [1.29, 1.82) is 0 Å². The van der Waals surface area contributed by atoms with Crippen LogP contribution in [0.1, 0.15) is 44.6 Å². The van der Waals surface area contributed by atoms with Crippen LogP contribution in [-0.2, 0) is 10.2 Å². The van der Waals surface area contributed by atoms with Crippen molar-refractivity contribution in [2.45, 2.75) is 50.5 Å². The fourth-order valence-corrected chi connectivity index (χ4v) is 3.02. The van der Waals surface area contributed by atoms with E-state index in [1.165, 1.54) is 18.6 Å². The highest BCUT2D eigenvalue weighted by atomic mass is 19.1. The molecule has 0 heterocycles. The molecule has 1 saturated carbocycles. The van der Waals surface area contributed by atoms with Crippen LogP contribution in [0.5, 0.6) is 0 Å². The quantitative estimate of drug-likeness (QED) is 0.889. The average molecular weight is 278 g/mol. The molecule has 3 nitrogen and oxygen atoms in total. The summed E-state index contributed by atoms with van der Waals surface area (Å²) in [6, 6.07) is 6.19. The molecule has 0 aromatic heterocycles. The molecule has 20 heavy (non-hydrogen) atoms. The summed E-state index contributed by atoms with van der Waals surface area (Å²) in [6.45, 7) is 2.26. The van der Waals surface area contributed by atoms with Crippen molar-refractivity contribution in [2.24, 2.45) is 5.73 Å². The van der Waals surface area contributed by atoms with Crippen LogP contribution in [0.15, 0.2) is 24.3 Å². The first-order valence-corrected chi connectivity index (χ1v) is 7.33. The molecule has 0 unspecified atom stereocenters. The normalized spacial score (nSPS) is 19.4. The summed E-state index contributed by atoms with van der Waals surface area (Å²) in [7, 11) is 0. The van der Waals surface area contributed by atoms with Gasteiger partial charge in [-0.3, -0.25) is 4.79 Å². The first-order valence-electron chi connectivity index (χ1n) is 7.33. The lowest BCUT2D eigenvalue weighted by molar-refractivity contribution is -0.122. The number of hydrogen-bond acceptors (Lipinski definition) is 2. The van der Waals surface area contributed by atoms with Gasteiger partial charge in [-0.2, -0.15) is 0 Å². The average Bonchev–Trinajstić information content (AvgIpc) is 2.46. The Kier molecular flexibility index (Phi) is 4.76. The van der Waals surface area contributed by atoms with Crippen LogP contribution in [0.25, 0.3) is 0 Å². The highest BCUT2D eigenvalue weighted by Crippen LogP contribution is 2.39. The molecular weight excluding hydrogens is 255 g/mol. The van der Waals surface area contributed by atoms with Crippen LogP contribution < -0.4 is 11.1 Å². The molecule has 2 rings (SSSR count). The maximum atomic E-state index is 13.1. The molecule has 4 heteroatoms. The molecule has 1 amide bonds. The van der Waals surface area contributed by atoms with Crippen LogP contribution in [0.2, 0.25) is 0 Å². The van der Waals surface area contributed by atoms with Gasteiger partial charge in [0.25, 0.3) is 0 Å². The number of halogens is 1. The Morgan fingerprint density at radius 3 is 2.45 bits per heavy atom. The molecule has 110 valence electrons. The minimum atomic E-state index is -0.496. The highest BCUT2D eigenvalue weighted by Gasteiger charge is 2.34. The van der Waals surface area contributed by atoms with Crippen molar-refractivity contribution in [1.82, 2.24) is 5.32 Å². The summed E-state index contributed by atoms with van der Waals surface area (Å²) in [5.74, 6) is -0.351. The van der Waals surface area contributed by atoms with E-state index in [-0.39, 0.29) is 17.1 Å². The lowest BCUT2D eigenvalue weighted by atomic mass is 9.69. The fourth-order valence-electron chi connectivity index (χ4n) is 3.02. The minimum absolute atomic E-state index is 0.0729. The zero-order valence-corrected chi connectivity index (χ0v) is 12.0. The molecule has 0 aliphatic heterocycles. The summed E-state index contributed by atoms with van der Waals surface area (Å²) in [4.78, 5) is 11.7. The zero-order chi connectivity index (χ0) is 14.6. The Morgan fingerprint density at radius 2 is 1.90 bits per heavy atom. The van der Waals surface area contributed by atoms with Crippen molar-refractivity contribution in [3.63, 3.8) is 0 Å². The van der Waals surface area contributed by atoms with E-state index in [4.69, 9.17) is 5.73 Å². The largest absolute Gasteiger partial charge is 0.354 e. The molecule has 1 fully saturated rings. The number of hydrogen-bond donors (Lipinski definition) is 2. The third-order valence-electron chi connectivity index (χ3n) is 4.28. The van der Waals surface area contributed by atoms with Gasteiger partial charge in [-0.05, 0) is 37.5 Å². The van der Waals surface area contributed by atoms with Crippen LogP contribution in [-0.4, -0.2) is 18.5 Å². The number of rotatable bonds is 4. The molecule has 1 atom stereocenters. The topological polar surface area (TPSA) is 55.1 Å². The van der Waals surface area contributed by atoms with Gasteiger partial charge in [-0.25, -0.2) is 4.39 Å². The van der Waals surface area contributed by atoms with Crippen molar-refractivity contribution < 1.29 is 9.18 Å². The SMILES string of the molecule is C[C@H](N)C(=O)NCC1(c2ccc(F)cc2)CCCCC1. The first kappa shape index (κ1) is 15.0. The van der Waals surface area contributed by atoms with E-state index in [9.17, 15) is 9.18 Å². The van der Waals surface area contributed by atoms with Crippen molar-refractivity contribution in [3.8, 4) is 0 Å². The van der Waals surface area contributed by atoms with E-state index in [1.54, 1.807) is 6.92 Å². The second-order valence-electron chi connectivity index (χ2n) is 5.85. The van der Waals surface area contributed by atoms with Gasteiger partial charge in [0.05, 0.1) is 6.04 Å². The van der Waals surface area contributed by atoms with Crippen LogP contribution in [0.4, 0.5) is 4.39 Å². The van der Waals surface area contributed by atoms with Crippen LogP contribution in [0, 0.1) is 5.82 Å². The number of carbonyl (C=O) groups is 1. The predicted octanol–water partition coefficient (Wildman–Crippen LogP) is 2.49. The predicted molar refractivity (Wildman–Crippen MR) is 77.8 cm³/mol. The van der Waals surface area contributed by atoms with Gasteiger partial charge in [0, 0.05) is 12.0 Å². The number of nitrogens with one attached hydrogen (secondary N) is 1. The van der Waals surface area contributed by atoms with Gasteiger partial charge in [-0.15, -0.1) is 0 Å². The Bertz CT molecular complexity index is 450. The van der Waals surface area contributed by atoms with Gasteiger partial charge in [0.15, 0.2) is 0 Å². The standard InChI is InChI=1S/C16H23FN2O/c1-12(18)15(20)19-11-16(9-3-2-4-10-16)13-5-7-14(17)8-6-13/h5-8,12H,2-4,9-11,18H2,1H3,(H,19,20)/t12-/m0/s1. The number of amides is 1. The third-order valence-corrected chi connectivity index (χ3v) is 4.28. The van der Waals surface area contributed by atoms with Crippen LogP contribution >= 0.6 is 0 Å². The Hall–Kier alpha value is -1.42. The highest BCUT2D eigenvalue weighted by molar-refractivity contribution is 5.81. The van der Waals surface area contributed by atoms with Crippen molar-refractivity contribution >= 4 is 5.91 Å². The van der Waals surface area contributed by atoms with E-state index in [0.29, 0.717) is 6.54 Å². The zero-order valence-electron chi connectivity index (χ0n) is 12.0. The summed E-state index contributed by atoms with van der Waals surface area (Å²) >= 11 is 0. The lowest BCUT2D eigenvalue weighted by Crippen LogP contribution is -2.46. The first-order chi connectivity index (χ1) is 9.53. The van der Waals surface area contributed by atoms with E-state index < -0.39 is 6.04 Å². The lowest BCUT2D eigenvalue weighted by Gasteiger charge is -2.38. The summed E-state index contributed by atoms with van der Waals surface area (Å²) in [6.07, 6.45) is 5.57. The molecule has 1 aromatic rings. The second-order valence-corrected chi connectivity index (χ2v) is 5.85. The second kappa shape index (κ2) is 6.35. The molecule has 0 bridgehead atoms. The smallest absolute Gasteiger partial charge is 0.236 e. The maximum absolute atomic E-state index is 13.1. The molecule has 1 aromatic carbocycles. The molecule has 1 aliphatic rings. The summed E-state index contributed by atoms with van der Waals surface area (Å²) < 4.78 is 13.1. The number of nitrogens with two attached hydrogens (primary N) is 1. The van der Waals surface area contributed by atoms with Gasteiger partial charge in [0.1, 0.15) is 5.82 Å². The number of carbonyl (C=O) groups excluding carboxylic acids is 1. The Balaban J connectivity index is 2.17. The van der Waals surface area contributed by atoms with E-state index in [0.717, 1.165) is 31.2 Å². The van der Waals surface area contributed by atoms with Crippen molar-refractivity contribution in [2.75, 3.05) is 6.54 Å². The summed E-state index contributed by atoms with van der Waals surface area (Å²) in [5.41, 5.74) is 6.63. The fraction of sp³-hybridized carbons (Fsp3) is 0.562. The Labute approximate surface area is 119 Å². The molecule has 0 saturated heterocycles. The van der Waals surface area contributed by atoms with E-state index in [2.05, 4.69) is 5.32 Å². The van der Waals surface area contributed by atoms with Gasteiger partial charge >= 0.3 is 0 Å². The van der Waals surface area contributed by atoms with Gasteiger partial charge in [0.2, 0.25) is 5.91 Å².